The quantitative estimate of drug-likeness (QED) is 0.777. The Labute approximate surface area is 114 Å². The molecule has 0 bridgehead atoms. The predicted molar refractivity (Wildman–Crippen MR) is 75.1 cm³/mol. The number of hydrogen-bond acceptors (Lipinski definition) is 2. The standard InChI is InChI=1S/C15H12FN3O/c1-19-12-9-11(16)6-5-10(12)8-13(19)15(20)18-14-4-2-3-7-17-14/h2-9H,1H3,(H,17,18,20). The molecule has 0 aliphatic carbocycles. The van der Waals surface area contributed by atoms with Gasteiger partial charge in [-0.15, -0.1) is 0 Å². The molecule has 3 aromatic rings. The van der Waals surface area contributed by atoms with Gasteiger partial charge in [-0.25, -0.2) is 9.37 Å². The maximum Gasteiger partial charge on any atom is 0.273 e. The lowest BCUT2D eigenvalue weighted by atomic mass is 10.2. The largest absolute Gasteiger partial charge is 0.340 e. The van der Waals surface area contributed by atoms with Crippen LogP contribution in [0.4, 0.5) is 10.2 Å². The lowest BCUT2D eigenvalue weighted by Gasteiger charge is -2.05. The third-order valence-electron chi connectivity index (χ3n) is 3.15. The SMILES string of the molecule is Cn1c(C(=O)Nc2ccccn2)cc2ccc(F)cc21. The van der Waals surface area contributed by atoms with Crippen molar-refractivity contribution in [2.75, 3.05) is 5.32 Å². The van der Waals surface area contributed by atoms with Crippen LogP contribution in [0.2, 0.25) is 0 Å². The summed E-state index contributed by atoms with van der Waals surface area (Å²) in [6.07, 6.45) is 1.60. The number of aryl methyl sites for hydroxylation is 1. The first-order valence-corrected chi connectivity index (χ1v) is 6.12. The van der Waals surface area contributed by atoms with Crippen LogP contribution in [0.3, 0.4) is 0 Å². The summed E-state index contributed by atoms with van der Waals surface area (Å²) in [7, 11) is 1.73. The van der Waals surface area contributed by atoms with Crippen LogP contribution in [0.25, 0.3) is 10.9 Å². The zero-order chi connectivity index (χ0) is 14.1. The van der Waals surface area contributed by atoms with E-state index in [4.69, 9.17) is 0 Å². The predicted octanol–water partition coefficient (Wildman–Crippen LogP) is 2.96. The molecule has 0 radical (unpaired) electrons. The molecule has 2 heterocycles. The number of amides is 1. The Kier molecular flexibility index (Phi) is 2.95. The van der Waals surface area contributed by atoms with Gasteiger partial charge in [-0.05, 0) is 36.4 Å². The first-order chi connectivity index (χ1) is 9.65. The van der Waals surface area contributed by atoms with Crippen molar-refractivity contribution in [3.63, 3.8) is 0 Å². The number of pyridine rings is 1. The minimum absolute atomic E-state index is 0.275. The maximum atomic E-state index is 13.2. The number of nitrogens with one attached hydrogen (secondary N) is 1. The Hall–Kier alpha value is -2.69. The van der Waals surface area contributed by atoms with Crippen molar-refractivity contribution in [2.24, 2.45) is 7.05 Å². The van der Waals surface area contributed by atoms with Gasteiger partial charge < -0.3 is 9.88 Å². The van der Waals surface area contributed by atoms with E-state index in [0.29, 0.717) is 17.0 Å². The molecule has 0 aliphatic rings. The first-order valence-electron chi connectivity index (χ1n) is 6.12. The summed E-state index contributed by atoms with van der Waals surface area (Å²) in [4.78, 5) is 16.3. The minimum Gasteiger partial charge on any atom is -0.340 e. The summed E-state index contributed by atoms with van der Waals surface area (Å²) in [5.74, 6) is -0.118. The van der Waals surface area contributed by atoms with Crippen LogP contribution < -0.4 is 5.32 Å². The van der Waals surface area contributed by atoms with E-state index in [9.17, 15) is 9.18 Å². The van der Waals surface area contributed by atoms with Crippen molar-refractivity contribution in [1.29, 1.82) is 0 Å². The van der Waals surface area contributed by atoms with E-state index in [1.54, 1.807) is 48.1 Å². The summed E-state index contributed by atoms with van der Waals surface area (Å²) in [6, 6.07) is 11.4. The first kappa shape index (κ1) is 12.3. The number of carbonyl (C=O) groups is 1. The fourth-order valence-corrected chi connectivity index (χ4v) is 2.14. The lowest BCUT2D eigenvalue weighted by Crippen LogP contribution is -2.16. The second-order valence-corrected chi connectivity index (χ2v) is 4.46. The lowest BCUT2D eigenvalue weighted by molar-refractivity contribution is 0.101. The number of hydrogen-bond donors (Lipinski definition) is 1. The van der Waals surface area contributed by atoms with Gasteiger partial charge in [0.25, 0.3) is 5.91 Å². The zero-order valence-electron chi connectivity index (χ0n) is 10.8. The summed E-state index contributed by atoms with van der Waals surface area (Å²) >= 11 is 0. The smallest absolute Gasteiger partial charge is 0.273 e. The zero-order valence-corrected chi connectivity index (χ0v) is 10.8. The average molecular weight is 269 g/mol. The molecule has 0 saturated heterocycles. The Morgan fingerprint density at radius 1 is 1.25 bits per heavy atom. The molecule has 20 heavy (non-hydrogen) atoms. The molecular weight excluding hydrogens is 257 g/mol. The van der Waals surface area contributed by atoms with E-state index in [-0.39, 0.29) is 11.7 Å². The van der Waals surface area contributed by atoms with Crippen LogP contribution in [0.15, 0.2) is 48.7 Å². The van der Waals surface area contributed by atoms with Gasteiger partial charge in [0, 0.05) is 18.6 Å². The van der Waals surface area contributed by atoms with Gasteiger partial charge in [0.15, 0.2) is 0 Å². The number of fused-ring (bicyclic) bond motifs is 1. The molecule has 0 saturated carbocycles. The second-order valence-electron chi connectivity index (χ2n) is 4.46. The van der Waals surface area contributed by atoms with Crippen molar-refractivity contribution in [3.05, 3.63) is 60.2 Å². The van der Waals surface area contributed by atoms with E-state index >= 15 is 0 Å². The van der Waals surface area contributed by atoms with Crippen LogP contribution in [-0.2, 0) is 7.05 Å². The fraction of sp³-hybridized carbons (Fsp3) is 0.0667. The van der Waals surface area contributed by atoms with Crippen molar-refractivity contribution in [1.82, 2.24) is 9.55 Å². The Bertz CT molecular complexity index is 780. The molecule has 3 rings (SSSR count). The van der Waals surface area contributed by atoms with E-state index in [1.807, 2.05) is 0 Å². The fourth-order valence-electron chi connectivity index (χ4n) is 2.14. The second kappa shape index (κ2) is 4.77. The van der Waals surface area contributed by atoms with Crippen molar-refractivity contribution in [3.8, 4) is 0 Å². The van der Waals surface area contributed by atoms with E-state index in [1.165, 1.54) is 12.1 Å². The normalized spacial score (nSPS) is 10.7. The molecule has 5 heteroatoms. The van der Waals surface area contributed by atoms with Crippen LogP contribution in [0.1, 0.15) is 10.5 Å². The summed E-state index contributed by atoms with van der Waals surface area (Å²) in [5, 5.41) is 3.53. The van der Waals surface area contributed by atoms with Gasteiger partial charge >= 0.3 is 0 Å². The van der Waals surface area contributed by atoms with Gasteiger partial charge in [0.2, 0.25) is 0 Å². The molecule has 1 amide bonds. The van der Waals surface area contributed by atoms with Gasteiger partial charge in [0.05, 0.1) is 5.52 Å². The van der Waals surface area contributed by atoms with Gasteiger partial charge in [-0.3, -0.25) is 4.79 Å². The topological polar surface area (TPSA) is 46.9 Å². The third kappa shape index (κ3) is 2.14. The molecule has 0 unspecified atom stereocenters. The average Bonchev–Trinajstić information content (AvgIpc) is 2.77. The number of benzene rings is 1. The monoisotopic (exact) mass is 269 g/mol. The summed E-state index contributed by atoms with van der Waals surface area (Å²) in [6.45, 7) is 0. The molecule has 2 aromatic heterocycles. The van der Waals surface area contributed by atoms with Gasteiger partial charge in [-0.1, -0.05) is 6.07 Å². The number of aromatic nitrogens is 2. The highest BCUT2D eigenvalue weighted by atomic mass is 19.1. The third-order valence-corrected chi connectivity index (χ3v) is 3.15. The Morgan fingerprint density at radius 2 is 2.10 bits per heavy atom. The number of halogens is 1. The molecule has 1 aromatic carbocycles. The molecule has 0 fully saturated rings. The molecule has 4 nitrogen and oxygen atoms in total. The number of rotatable bonds is 2. The molecule has 100 valence electrons. The van der Waals surface area contributed by atoms with Gasteiger partial charge in [-0.2, -0.15) is 0 Å². The van der Waals surface area contributed by atoms with Crippen LogP contribution in [0, 0.1) is 5.82 Å². The number of anilines is 1. The molecule has 1 N–H and O–H groups in total. The van der Waals surface area contributed by atoms with E-state index in [2.05, 4.69) is 10.3 Å². The Balaban J connectivity index is 1.98. The number of carbonyl (C=O) groups excluding carboxylic acids is 1. The Morgan fingerprint density at radius 3 is 2.85 bits per heavy atom. The number of nitrogens with zero attached hydrogens (tertiary/aromatic N) is 2. The highest BCUT2D eigenvalue weighted by molar-refractivity contribution is 6.05. The summed E-state index contributed by atoms with van der Waals surface area (Å²) < 4.78 is 14.9. The van der Waals surface area contributed by atoms with Crippen molar-refractivity contribution < 1.29 is 9.18 Å². The molecular formula is C15H12FN3O. The van der Waals surface area contributed by atoms with Crippen LogP contribution in [0.5, 0.6) is 0 Å². The van der Waals surface area contributed by atoms with Crippen LogP contribution in [-0.4, -0.2) is 15.5 Å². The molecule has 0 aliphatic heterocycles. The van der Waals surface area contributed by atoms with Crippen LogP contribution >= 0.6 is 0 Å². The van der Waals surface area contributed by atoms with Crippen molar-refractivity contribution in [2.45, 2.75) is 0 Å². The minimum atomic E-state index is -0.324. The highest BCUT2D eigenvalue weighted by Crippen LogP contribution is 2.20. The summed E-state index contributed by atoms with van der Waals surface area (Å²) in [5.41, 5.74) is 1.13. The van der Waals surface area contributed by atoms with E-state index < -0.39 is 0 Å². The van der Waals surface area contributed by atoms with Gasteiger partial charge in [0.1, 0.15) is 17.3 Å². The molecule has 0 spiro atoms. The highest BCUT2D eigenvalue weighted by Gasteiger charge is 2.14. The maximum absolute atomic E-state index is 13.2. The van der Waals surface area contributed by atoms with E-state index in [0.717, 1.165) is 5.39 Å². The van der Waals surface area contributed by atoms with Crippen molar-refractivity contribution >= 4 is 22.6 Å². The molecule has 0 atom stereocenters.